The molecule has 0 radical (unpaired) electrons. The molecule has 0 bridgehead atoms. The molecule has 6 aromatic rings. The lowest BCUT2D eigenvalue weighted by molar-refractivity contribution is 0.633. The number of aromatic nitrogens is 3. The van der Waals surface area contributed by atoms with E-state index in [-0.39, 0.29) is 0 Å². The number of rotatable bonds is 7. The highest BCUT2D eigenvalue weighted by atomic mass is 15.0. The molecule has 0 N–H and O–H groups in total. The third-order valence-electron chi connectivity index (χ3n) is 12.5. The largest absolute Gasteiger partial charge is 0.208 e. The average Bonchev–Trinajstić information content (AvgIpc) is 4.10. The maximum Gasteiger partial charge on any atom is 0.164 e. The van der Waals surface area contributed by atoms with E-state index in [2.05, 4.69) is 182 Å². The minimum Gasteiger partial charge on any atom is -0.208 e. The highest BCUT2D eigenvalue weighted by Gasteiger charge is 2.37. The molecule has 1 aromatic heterocycles. The van der Waals surface area contributed by atoms with Crippen LogP contribution in [0.15, 0.2) is 194 Å². The lowest BCUT2D eigenvalue weighted by atomic mass is 9.71. The van der Waals surface area contributed by atoms with E-state index in [0.29, 0.717) is 41.1 Å². The Morgan fingerprint density at radius 2 is 1.00 bits per heavy atom. The van der Waals surface area contributed by atoms with E-state index < -0.39 is 0 Å². The van der Waals surface area contributed by atoms with Crippen molar-refractivity contribution in [3.05, 3.63) is 222 Å². The van der Waals surface area contributed by atoms with Gasteiger partial charge in [-0.05, 0) is 81.3 Å². The zero-order chi connectivity index (χ0) is 37.7. The van der Waals surface area contributed by atoms with Gasteiger partial charge in [-0.25, -0.2) is 15.0 Å². The lowest BCUT2D eigenvalue weighted by Crippen LogP contribution is -2.20. The molecular weight excluding hydrogens is 691 g/mol. The number of nitrogens with zero attached hydrogens (tertiary/aromatic N) is 3. The summed E-state index contributed by atoms with van der Waals surface area (Å²) in [4.78, 5) is 15.3. The van der Waals surface area contributed by atoms with Crippen molar-refractivity contribution in [1.82, 2.24) is 15.0 Å². The summed E-state index contributed by atoms with van der Waals surface area (Å²) in [6, 6.07) is 43.6. The van der Waals surface area contributed by atoms with Gasteiger partial charge in [0.1, 0.15) is 0 Å². The lowest BCUT2D eigenvalue weighted by Gasteiger charge is -2.33. The van der Waals surface area contributed by atoms with Gasteiger partial charge in [0.2, 0.25) is 0 Å². The minimum absolute atomic E-state index is 0.304. The molecule has 11 rings (SSSR count). The first-order valence-corrected chi connectivity index (χ1v) is 20.3. The number of hydrogen-bond donors (Lipinski definition) is 0. The van der Waals surface area contributed by atoms with Gasteiger partial charge < -0.3 is 0 Å². The van der Waals surface area contributed by atoms with Crippen molar-refractivity contribution < 1.29 is 0 Å². The third-order valence-corrected chi connectivity index (χ3v) is 12.5. The van der Waals surface area contributed by atoms with Crippen LogP contribution in [0.3, 0.4) is 0 Å². The van der Waals surface area contributed by atoms with Crippen molar-refractivity contribution in [2.75, 3.05) is 0 Å². The van der Waals surface area contributed by atoms with E-state index in [1.807, 2.05) is 6.07 Å². The van der Waals surface area contributed by atoms with Crippen molar-refractivity contribution in [3.63, 3.8) is 0 Å². The Kier molecular flexibility index (Phi) is 8.31. The third kappa shape index (κ3) is 6.11. The first-order valence-electron chi connectivity index (χ1n) is 20.3. The number of hydrogen-bond acceptors (Lipinski definition) is 3. The topological polar surface area (TPSA) is 38.7 Å². The van der Waals surface area contributed by atoms with Crippen LogP contribution in [0.5, 0.6) is 0 Å². The number of benzene rings is 5. The Balaban J connectivity index is 0.970. The van der Waals surface area contributed by atoms with Crippen molar-refractivity contribution in [3.8, 4) is 45.3 Å². The molecule has 2 atom stereocenters. The molecule has 5 aromatic carbocycles. The van der Waals surface area contributed by atoms with Crippen molar-refractivity contribution in [2.45, 2.75) is 31.1 Å². The Bertz CT molecular complexity index is 2720. The standard InChI is InChI=1S/C54H41N3/c1-2-11-35(12-3-1)37-21-27-41(28-22-37)52-55-53(42-29-23-38(24-30-42)36-13-4-5-14-36)57-54(56-52)43-31-25-40(26-32-43)48-34-50-49(47-19-9-8-18-46(47)48)33-44-17-10-20-45(51(44)50)39-15-6-7-16-39/h1-14,17-32,34,36,39,46-47H,15-16,33H2. The van der Waals surface area contributed by atoms with Crippen LogP contribution < -0.4 is 0 Å². The van der Waals surface area contributed by atoms with Crippen LogP contribution in [0, 0.1) is 11.8 Å². The van der Waals surface area contributed by atoms with Crippen LogP contribution in [0.2, 0.25) is 0 Å². The molecule has 1 heterocycles. The Morgan fingerprint density at radius 3 is 1.65 bits per heavy atom. The molecular formula is C54H41N3. The fourth-order valence-electron chi connectivity index (χ4n) is 9.52. The maximum atomic E-state index is 5.12. The molecule has 0 aliphatic heterocycles. The second-order valence-electron chi connectivity index (χ2n) is 15.8. The summed E-state index contributed by atoms with van der Waals surface area (Å²) >= 11 is 0. The molecule has 2 unspecified atom stereocenters. The van der Waals surface area contributed by atoms with Crippen molar-refractivity contribution >= 4 is 11.1 Å². The number of fused-ring (bicyclic) bond motifs is 4. The van der Waals surface area contributed by atoms with E-state index in [1.54, 1.807) is 5.57 Å². The molecule has 5 aliphatic carbocycles. The zero-order valence-corrected chi connectivity index (χ0v) is 31.7. The van der Waals surface area contributed by atoms with Crippen LogP contribution in [-0.4, -0.2) is 15.0 Å². The second kappa shape index (κ2) is 14.1. The van der Waals surface area contributed by atoms with Gasteiger partial charge in [-0.3, -0.25) is 0 Å². The molecule has 5 aliphatic rings. The van der Waals surface area contributed by atoms with Gasteiger partial charge in [0.15, 0.2) is 17.5 Å². The summed E-state index contributed by atoms with van der Waals surface area (Å²) in [7, 11) is 0. The average molecular weight is 732 g/mol. The quantitative estimate of drug-likeness (QED) is 0.153. The van der Waals surface area contributed by atoms with Gasteiger partial charge in [0, 0.05) is 34.4 Å². The fraction of sp³-hybridized carbons (Fsp3) is 0.130. The predicted octanol–water partition coefficient (Wildman–Crippen LogP) is 12.9. The van der Waals surface area contributed by atoms with Gasteiger partial charge in [-0.2, -0.15) is 0 Å². The molecule has 0 fully saturated rings. The summed E-state index contributed by atoms with van der Waals surface area (Å²) in [5.74, 6) is 3.53. The van der Waals surface area contributed by atoms with Gasteiger partial charge in [0.25, 0.3) is 0 Å². The van der Waals surface area contributed by atoms with Crippen LogP contribution in [0.25, 0.3) is 56.4 Å². The minimum atomic E-state index is 0.304. The van der Waals surface area contributed by atoms with E-state index in [4.69, 9.17) is 15.0 Å². The van der Waals surface area contributed by atoms with Gasteiger partial charge in [-0.1, -0.05) is 188 Å². The van der Waals surface area contributed by atoms with Crippen LogP contribution in [0.4, 0.5) is 0 Å². The smallest absolute Gasteiger partial charge is 0.164 e. The Morgan fingerprint density at radius 1 is 0.456 bits per heavy atom. The normalized spacial score (nSPS) is 19.3. The van der Waals surface area contributed by atoms with Gasteiger partial charge >= 0.3 is 0 Å². The van der Waals surface area contributed by atoms with E-state index in [1.165, 1.54) is 44.5 Å². The predicted molar refractivity (Wildman–Crippen MR) is 234 cm³/mol. The highest BCUT2D eigenvalue weighted by molar-refractivity contribution is 5.95. The van der Waals surface area contributed by atoms with Crippen LogP contribution in [0.1, 0.15) is 52.5 Å². The van der Waals surface area contributed by atoms with E-state index in [0.717, 1.165) is 41.5 Å². The second-order valence-corrected chi connectivity index (χ2v) is 15.8. The zero-order valence-electron chi connectivity index (χ0n) is 31.7. The van der Waals surface area contributed by atoms with Crippen molar-refractivity contribution in [1.29, 1.82) is 0 Å². The van der Waals surface area contributed by atoms with Crippen molar-refractivity contribution in [2.24, 2.45) is 11.8 Å². The van der Waals surface area contributed by atoms with E-state index in [9.17, 15) is 0 Å². The molecule has 0 saturated carbocycles. The monoisotopic (exact) mass is 731 g/mol. The Hall–Kier alpha value is -6.71. The first kappa shape index (κ1) is 33.6. The molecule has 57 heavy (non-hydrogen) atoms. The molecule has 3 heteroatoms. The molecule has 0 amide bonds. The van der Waals surface area contributed by atoms with Gasteiger partial charge in [-0.15, -0.1) is 0 Å². The summed E-state index contributed by atoms with van der Waals surface area (Å²) in [5, 5.41) is 0. The Labute approximate surface area is 334 Å². The van der Waals surface area contributed by atoms with Gasteiger partial charge in [0.05, 0.1) is 0 Å². The highest BCUT2D eigenvalue weighted by Crippen LogP contribution is 2.52. The van der Waals surface area contributed by atoms with Crippen LogP contribution in [-0.2, 0) is 6.42 Å². The van der Waals surface area contributed by atoms with Crippen LogP contribution >= 0.6 is 0 Å². The molecule has 0 spiro atoms. The molecule has 0 saturated heterocycles. The summed E-state index contributed by atoms with van der Waals surface area (Å²) in [5.41, 5.74) is 16.6. The summed E-state index contributed by atoms with van der Waals surface area (Å²) < 4.78 is 0. The number of allylic oxidation sites excluding steroid dienone is 14. The maximum absolute atomic E-state index is 5.12. The fourth-order valence-corrected chi connectivity index (χ4v) is 9.52. The van der Waals surface area contributed by atoms with E-state index >= 15 is 0 Å². The first-order chi connectivity index (χ1) is 28.2. The molecule has 272 valence electrons. The summed E-state index contributed by atoms with van der Waals surface area (Å²) in [6.45, 7) is 0. The summed E-state index contributed by atoms with van der Waals surface area (Å²) in [6.07, 6.45) is 28.5. The molecule has 3 nitrogen and oxygen atoms in total. The SMILES string of the molecule is C1=CC(c2ccc(-c3nc(-c4ccc(C5=CC6=C(Cc7cccc(C8CC=CC8)c76)C6C=CC=CC56)cc4)nc(-c4ccc(-c5ccccc5)cc4)n3)cc2)C=C1.